The molecule has 29 heavy (non-hydrogen) atoms. The minimum Gasteiger partial charge on any atom is -0.443 e. The van der Waals surface area contributed by atoms with Crippen LogP contribution >= 0.6 is 0 Å². The van der Waals surface area contributed by atoms with E-state index in [1.54, 1.807) is 29.2 Å². The van der Waals surface area contributed by atoms with Gasteiger partial charge in [-0.25, -0.2) is 4.90 Å². The van der Waals surface area contributed by atoms with E-state index < -0.39 is 30.4 Å². The Hall–Kier alpha value is -3.48. The van der Waals surface area contributed by atoms with Crippen molar-refractivity contribution in [1.82, 2.24) is 4.90 Å². The predicted octanol–water partition coefficient (Wildman–Crippen LogP) is 2.45. The van der Waals surface area contributed by atoms with Crippen molar-refractivity contribution in [2.24, 2.45) is 5.92 Å². The number of carbonyl (C=O) groups is 4. The number of aryl methyl sites for hydroxylation is 2. The summed E-state index contributed by atoms with van der Waals surface area (Å²) in [6, 6.07) is 12.2. The SMILES string of the molecule is Cc1ccc(N2C[C@H](C(=O)OCN3C(=O)c4ccccc4C3=O)CC2=O)cc1C. The summed E-state index contributed by atoms with van der Waals surface area (Å²) in [5.74, 6) is -2.37. The first-order valence-electron chi connectivity index (χ1n) is 9.36. The molecule has 0 aliphatic carbocycles. The number of esters is 1. The second-order valence-electron chi connectivity index (χ2n) is 7.35. The first-order valence-corrected chi connectivity index (χ1v) is 9.36. The van der Waals surface area contributed by atoms with E-state index in [2.05, 4.69) is 0 Å². The first kappa shape index (κ1) is 18.9. The third-order valence-electron chi connectivity index (χ3n) is 5.47. The number of imide groups is 1. The topological polar surface area (TPSA) is 84.0 Å². The van der Waals surface area contributed by atoms with Crippen LogP contribution in [0.2, 0.25) is 0 Å². The van der Waals surface area contributed by atoms with Crippen molar-refractivity contribution < 1.29 is 23.9 Å². The molecule has 2 heterocycles. The molecule has 1 atom stereocenters. The fourth-order valence-corrected chi connectivity index (χ4v) is 3.61. The molecule has 7 nitrogen and oxygen atoms in total. The van der Waals surface area contributed by atoms with E-state index in [0.717, 1.165) is 21.7 Å². The molecule has 0 saturated carbocycles. The van der Waals surface area contributed by atoms with Gasteiger partial charge in [-0.05, 0) is 49.2 Å². The maximum atomic E-state index is 12.5. The summed E-state index contributed by atoms with van der Waals surface area (Å²) < 4.78 is 5.22. The molecule has 148 valence electrons. The van der Waals surface area contributed by atoms with Gasteiger partial charge >= 0.3 is 5.97 Å². The van der Waals surface area contributed by atoms with Gasteiger partial charge in [-0.3, -0.25) is 19.2 Å². The number of rotatable bonds is 4. The van der Waals surface area contributed by atoms with Crippen molar-refractivity contribution in [1.29, 1.82) is 0 Å². The number of anilines is 1. The van der Waals surface area contributed by atoms with E-state index >= 15 is 0 Å². The molecular weight excluding hydrogens is 372 g/mol. The lowest BCUT2D eigenvalue weighted by Gasteiger charge is -2.18. The molecule has 2 aliphatic rings. The third kappa shape index (κ3) is 3.29. The van der Waals surface area contributed by atoms with Crippen molar-refractivity contribution >= 4 is 29.4 Å². The molecule has 4 rings (SSSR count). The van der Waals surface area contributed by atoms with E-state index in [4.69, 9.17) is 4.74 Å². The standard InChI is InChI=1S/C22H20N2O5/c1-13-7-8-16(9-14(13)2)23-11-15(10-19(23)25)22(28)29-12-24-20(26)17-5-3-4-6-18(17)21(24)27/h3-9,15H,10-12H2,1-2H3/t15-/m1/s1. The summed E-state index contributed by atoms with van der Waals surface area (Å²) in [4.78, 5) is 52.0. The molecule has 1 fully saturated rings. The molecule has 0 spiro atoms. The van der Waals surface area contributed by atoms with Crippen LogP contribution in [0.4, 0.5) is 5.69 Å². The van der Waals surface area contributed by atoms with Crippen LogP contribution in [-0.2, 0) is 14.3 Å². The monoisotopic (exact) mass is 392 g/mol. The van der Waals surface area contributed by atoms with E-state index in [9.17, 15) is 19.2 Å². The average Bonchev–Trinajstić information content (AvgIpc) is 3.21. The molecule has 0 bridgehead atoms. The van der Waals surface area contributed by atoms with Crippen LogP contribution in [0.1, 0.15) is 38.3 Å². The Bertz CT molecular complexity index is 1010. The molecular formula is C22H20N2O5. The minimum absolute atomic E-state index is 0.0356. The largest absolute Gasteiger partial charge is 0.443 e. The minimum atomic E-state index is -0.640. The fraction of sp³-hybridized carbons (Fsp3) is 0.273. The molecule has 2 aliphatic heterocycles. The maximum absolute atomic E-state index is 12.5. The van der Waals surface area contributed by atoms with Crippen molar-refractivity contribution in [2.45, 2.75) is 20.3 Å². The molecule has 3 amide bonds. The third-order valence-corrected chi connectivity index (χ3v) is 5.47. The Kier molecular flexibility index (Phi) is 4.66. The highest BCUT2D eigenvalue weighted by molar-refractivity contribution is 6.21. The van der Waals surface area contributed by atoms with Crippen LogP contribution in [0.15, 0.2) is 42.5 Å². The van der Waals surface area contributed by atoms with Crippen LogP contribution in [0.3, 0.4) is 0 Å². The lowest BCUT2D eigenvalue weighted by molar-refractivity contribution is -0.151. The van der Waals surface area contributed by atoms with Gasteiger partial charge in [-0.1, -0.05) is 18.2 Å². The van der Waals surface area contributed by atoms with Gasteiger partial charge in [0.25, 0.3) is 11.8 Å². The molecule has 2 aromatic rings. The highest BCUT2D eigenvalue weighted by atomic mass is 16.5. The van der Waals surface area contributed by atoms with Gasteiger partial charge in [0.1, 0.15) is 0 Å². The number of nitrogens with zero attached hydrogens (tertiary/aromatic N) is 2. The van der Waals surface area contributed by atoms with Gasteiger partial charge in [0, 0.05) is 18.7 Å². The number of amides is 3. The molecule has 0 unspecified atom stereocenters. The number of ether oxygens (including phenoxy) is 1. The number of carbonyl (C=O) groups excluding carboxylic acids is 4. The zero-order valence-corrected chi connectivity index (χ0v) is 16.2. The van der Waals surface area contributed by atoms with Gasteiger partial charge in [0.2, 0.25) is 5.91 Å². The zero-order chi connectivity index (χ0) is 20.7. The lowest BCUT2D eigenvalue weighted by atomic mass is 10.1. The normalized spacial score (nSPS) is 18.4. The molecule has 0 radical (unpaired) electrons. The summed E-state index contributed by atoms with van der Waals surface area (Å²) >= 11 is 0. The second kappa shape index (κ2) is 7.16. The van der Waals surface area contributed by atoms with Crippen LogP contribution in [0.5, 0.6) is 0 Å². The molecule has 1 saturated heterocycles. The first-order chi connectivity index (χ1) is 13.9. The highest BCUT2D eigenvalue weighted by Gasteiger charge is 2.39. The Morgan fingerprint density at radius 1 is 1.00 bits per heavy atom. The van der Waals surface area contributed by atoms with E-state index in [0.29, 0.717) is 11.1 Å². The number of benzene rings is 2. The Labute approximate surface area is 167 Å². The predicted molar refractivity (Wildman–Crippen MR) is 104 cm³/mol. The smallest absolute Gasteiger partial charge is 0.313 e. The van der Waals surface area contributed by atoms with Crippen LogP contribution in [0.25, 0.3) is 0 Å². The van der Waals surface area contributed by atoms with Gasteiger partial charge in [-0.2, -0.15) is 0 Å². The van der Waals surface area contributed by atoms with Gasteiger partial charge < -0.3 is 9.64 Å². The van der Waals surface area contributed by atoms with Crippen molar-refractivity contribution in [3.8, 4) is 0 Å². The Morgan fingerprint density at radius 3 is 2.28 bits per heavy atom. The highest BCUT2D eigenvalue weighted by Crippen LogP contribution is 2.28. The summed E-state index contributed by atoms with van der Waals surface area (Å²) in [6.45, 7) is 3.71. The van der Waals surface area contributed by atoms with Crippen molar-refractivity contribution in [3.63, 3.8) is 0 Å². The second-order valence-corrected chi connectivity index (χ2v) is 7.35. The van der Waals surface area contributed by atoms with Crippen LogP contribution < -0.4 is 4.90 Å². The van der Waals surface area contributed by atoms with E-state index in [1.165, 1.54) is 0 Å². The summed E-state index contributed by atoms with van der Waals surface area (Å²) in [7, 11) is 0. The number of hydrogen-bond acceptors (Lipinski definition) is 5. The quantitative estimate of drug-likeness (QED) is 0.590. The van der Waals surface area contributed by atoms with Gasteiger partial charge in [0.05, 0.1) is 17.0 Å². The average molecular weight is 392 g/mol. The number of hydrogen-bond donors (Lipinski definition) is 0. The molecule has 2 aromatic carbocycles. The number of fused-ring (bicyclic) bond motifs is 1. The lowest BCUT2D eigenvalue weighted by Crippen LogP contribution is -2.35. The van der Waals surface area contributed by atoms with E-state index in [1.807, 2.05) is 32.0 Å². The van der Waals surface area contributed by atoms with Crippen LogP contribution in [0, 0.1) is 19.8 Å². The van der Waals surface area contributed by atoms with Crippen molar-refractivity contribution in [2.75, 3.05) is 18.2 Å². The van der Waals surface area contributed by atoms with E-state index in [-0.39, 0.29) is 18.9 Å². The zero-order valence-electron chi connectivity index (χ0n) is 16.2. The Balaban J connectivity index is 1.40. The fourth-order valence-electron chi connectivity index (χ4n) is 3.61. The molecule has 0 N–H and O–H groups in total. The van der Waals surface area contributed by atoms with Gasteiger partial charge in [0.15, 0.2) is 6.73 Å². The Morgan fingerprint density at radius 2 is 1.66 bits per heavy atom. The van der Waals surface area contributed by atoms with Crippen molar-refractivity contribution in [3.05, 3.63) is 64.7 Å². The summed E-state index contributed by atoms with van der Waals surface area (Å²) in [5.41, 5.74) is 3.52. The maximum Gasteiger partial charge on any atom is 0.313 e. The summed E-state index contributed by atoms with van der Waals surface area (Å²) in [6.07, 6.45) is 0.0356. The van der Waals surface area contributed by atoms with Gasteiger partial charge in [-0.15, -0.1) is 0 Å². The molecule has 7 heteroatoms. The molecule has 0 aromatic heterocycles. The van der Waals surface area contributed by atoms with Crippen LogP contribution in [-0.4, -0.2) is 41.9 Å². The summed E-state index contributed by atoms with van der Waals surface area (Å²) in [5, 5.41) is 0.